The lowest BCUT2D eigenvalue weighted by Crippen LogP contribution is -2.37. The second-order valence-electron chi connectivity index (χ2n) is 10.2. The first kappa shape index (κ1) is 24.0. The third kappa shape index (κ3) is 4.96. The highest BCUT2D eigenvalue weighted by Crippen LogP contribution is 2.30. The van der Waals surface area contributed by atoms with E-state index in [1.807, 2.05) is 74.7 Å². The zero-order valence-electron chi connectivity index (χ0n) is 20.9. The van der Waals surface area contributed by atoms with Gasteiger partial charge in [-0.15, -0.1) is 10.2 Å². The van der Waals surface area contributed by atoms with E-state index in [4.69, 9.17) is 14.5 Å². The van der Waals surface area contributed by atoms with Gasteiger partial charge in [0.15, 0.2) is 11.5 Å². The molecule has 2 unspecified atom stereocenters. The van der Waals surface area contributed by atoms with Crippen LogP contribution in [-0.4, -0.2) is 61.5 Å². The lowest BCUT2D eigenvalue weighted by molar-refractivity contribution is 0.0252. The summed E-state index contributed by atoms with van der Waals surface area (Å²) in [5.41, 5.74) is 2.48. The fraction of sp³-hybridized carbons (Fsp3) is 0.407. The van der Waals surface area contributed by atoms with Gasteiger partial charge in [-0.05, 0) is 57.9 Å². The summed E-state index contributed by atoms with van der Waals surface area (Å²) < 4.78 is 28.7. The number of alkyl halides is 1. The summed E-state index contributed by atoms with van der Waals surface area (Å²) in [6.07, 6.45) is 0.143. The normalized spacial score (nSPS) is 18.9. The standard InChI is InChI=1S/C27H30FN5O3/c1-17-8-11-23-30-31-25(33(23)16-17)20-10-9-18-6-5-7-22(24(18)29-20)35-21-13-15-32(14-12-19(21)28)26(34)36-27(2,3)4/h5-11,16,19,21H,12-15H2,1-4H3. The van der Waals surface area contributed by atoms with Gasteiger partial charge >= 0.3 is 6.09 Å². The molecule has 2 atom stereocenters. The van der Waals surface area contributed by atoms with Gasteiger partial charge in [-0.2, -0.15) is 0 Å². The number of carbonyl (C=O) groups is 1. The maximum Gasteiger partial charge on any atom is 0.410 e. The first-order valence-electron chi connectivity index (χ1n) is 12.2. The molecule has 3 aromatic heterocycles. The summed E-state index contributed by atoms with van der Waals surface area (Å²) in [6, 6.07) is 13.3. The molecule has 0 N–H and O–H groups in total. The van der Waals surface area contributed by atoms with Gasteiger partial charge in [-0.1, -0.05) is 24.3 Å². The van der Waals surface area contributed by atoms with Gasteiger partial charge in [0.25, 0.3) is 0 Å². The van der Waals surface area contributed by atoms with E-state index in [0.29, 0.717) is 35.8 Å². The smallest absolute Gasteiger partial charge is 0.410 e. The van der Waals surface area contributed by atoms with Crippen molar-refractivity contribution in [3.8, 4) is 17.3 Å². The average Bonchev–Trinajstić information content (AvgIpc) is 3.15. The zero-order valence-corrected chi connectivity index (χ0v) is 20.9. The van der Waals surface area contributed by atoms with Crippen molar-refractivity contribution in [2.24, 2.45) is 0 Å². The summed E-state index contributed by atoms with van der Waals surface area (Å²) in [7, 11) is 0. The van der Waals surface area contributed by atoms with Crippen molar-refractivity contribution >= 4 is 22.6 Å². The molecule has 0 aliphatic carbocycles. The molecule has 4 heterocycles. The van der Waals surface area contributed by atoms with E-state index < -0.39 is 24.0 Å². The van der Waals surface area contributed by atoms with E-state index in [-0.39, 0.29) is 13.0 Å². The maximum absolute atomic E-state index is 15.1. The van der Waals surface area contributed by atoms with Crippen LogP contribution in [0.25, 0.3) is 28.1 Å². The summed E-state index contributed by atoms with van der Waals surface area (Å²) in [4.78, 5) is 18.9. The fourth-order valence-electron chi connectivity index (χ4n) is 4.36. The lowest BCUT2D eigenvalue weighted by atomic mass is 10.1. The maximum atomic E-state index is 15.1. The molecule has 0 saturated carbocycles. The molecule has 1 amide bonds. The fourth-order valence-corrected chi connectivity index (χ4v) is 4.36. The molecule has 8 nitrogen and oxygen atoms in total. The van der Waals surface area contributed by atoms with Crippen LogP contribution in [0.1, 0.15) is 39.2 Å². The van der Waals surface area contributed by atoms with E-state index in [1.54, 1.807) is 11.0 Å². The van der Waals surface area contributed by atoms with Crippen LogP contribution in [0, 0.1) is 6.92 Å². The minimum absolute atomic E-state index is 0.179. The van der Waals surface area contributed by atoms with Crippen LogP contribution < -0.4 is 4.74 Å². The SMILES string of the molecule is Cc1ccc2nnc(-c3ccc4cccc(OC5CCN(C(=O)OC(C)(C)C)CCC5F)c4n3)n2c1. The summed E-state index contributed by atoms with van der Waals surface area (Å²) in [5, 5.41) is 9.45. The summed E-state index contributed by atoms with van der Waals surface area (Å²) >= 11 is 0. The van der Waals surface area contributed by atoms with Gasteiger partial charge in [0.1, 0.15) is 34.8 Å². The van der Waals surface area contributed by atoms with E-state index in [0.717, 1.165) is 16.6 Å². The molecule has 4 aromatic rings. The van der Waals surface area contributed by atoms with Crippen LogP contribution in [0.3, 0.4) is 0 Å². The van der Waals surface area contributed by atoms with E-state index in [2.05, 4.69) is 10.2 Å². The van der Waals surface area contributed by atoms with E-state index >= 15 is 4.39 Å². The molecule has 0 radical (unpaired) electrons. The Morgan fingerprint density at radius 2 is 1.86 bits per heavy atom. The van der Waals surface area contributed by atoms with E-state index in [9.17, 15) is 4.79 Å². The van der Waals surface area contributed by atoms with Crippen molar-refractivity contribution in [1.82, 2.24) is 24.5 Å². The first-order chi connectivity index (χ1) is 17.2. The van der Waals surface area contributed by atoms with Crippen molar-refractivity contribution in [1.29, 1.82) is 0 Å². The Labute approximate surface area is 209 Å². The number of halogens is 1. The number of aryl methyl sites for hydroxylation is 1. The molecule has 0 bridgehead atoms. The summed E-state index contributed by atoms with van der Waals surface area (Å²) in [5.74, 6) is 1.12. The quantitative estimate of drug-likeness (QED) is 0.383. The van der Waals surface area contributed by atoms with Crippen LogP contribution >= 0.6 is 0 Å². The highest BCUT2D eigenvalue weighted by atomic mass is 19.1. The van der Waals surface area contributed by atoms with Crippen molar-refractivity contribution in [2.45, 2.75) is 58.4 Å². The molecular formula is C27H30FN5O3. The third-order valence-electron chi connectivity index (χ3n) is 6.15. The molecule has 1 aromatic carbocycles. The van der Waals surface area contributed by atoms with Crippen LogP contribution in [0.4, 0.5) is 9.18 Å². The molecule has 1 aliphatic rings. The number of fused-ring (bicyclic) bond motifs is 2. The molecule has 1 fully saturated rings. The Bertz CT molecular complexity index is 1410. The molecule has 1 saturated heterocycles. The number of ether oxygens (including phenoxy) is 2. The van der Waals surface area contributed by atoms with Crippen LogP contribution in [0.2, 0.25) is 0 Å². The number of para-hydroxylation sites is 1. The van der Waals surface area contributed by atoms with Gasteiger partial charge in [-0.25, -0.2) is 14.2 Å². The van der Waals surface area contributed by atoms with Gasteiger partial charge in [0.05, 0.1) is 0 Å². The predicted octanol–water partition coefficient (Wildman–Crippen LogP) is 5.37. The number of hydrogen-bond acceptors (Lipinski definition) is 6. The Hall–Kier alpha value is -3.75. The number of hydrogen-bond donors (Lipinski definition) is 0. The Kier molecular flexibility index (Phi) is 6.24. The Morgan fingerprint density at radius 3 is 2.67 bits per heavy atom. The van der Waals surface area contributed by atoms with Gasteiger partial charge in [0.2, 0.25) is 0 Å². The van der Waals surface area contributed by atoms with E-state index in [1.165, 1.54) is 0 Å². The summed E-state index contributed by atoms with van der Waals surface area (Å²) in [6.45, 7) is 8.10. The molecule has 9 heteroatoms. The predicted molar refractivity (Wildman–Crippen MR) is 135 cm³/mol. The number of amides is 1. The number of pyridine rings is 2. The van der Waals surface area contributed by atoms with Crippen molar-refractivity contribution in [3.63, 3.8) is 0 Å². The molecule has 1 aliphatic heterocycles. The Morgan fingerprint density at radius 1 is 1.06 bits per heavy atom. The van der Waals surface area contributed by atoms with Gasteiger partial charge < -0.3 is 14.4 Å². The minimum atomic E-state index is -1.22. The second-order valence-corrected chi connectivity index (χ2v) is 10.2. The highest BCUT2D eigenvalue weighted by molar-refractivity contribution is 5.86. The van der Waals surface area contributed by atoms with Gasteiger partial charge in [-0.3, -0.25) is 4.40 Å². The zero-order chi connectivity index (χ0) is 25.4. The third-order valence-corrected chi connectivity index (χ3v) is 6.15. The molecule has 188 valence electrons. The van der Waals surface area contributed by atoms with Crippen molar-refractivity contribution < 1.29 is 18.7 Å². The number of nitrogens with zero attached hydrogens (tertiary/aromatic N) is 5. The number of carbonyl (C=O) groups excluding carboxylic acids is 1. The van der Waals surface area contributed by atoms with Crippen LogP contribution in [0.15, 0.2) is 48.7 Å². The van der Waals surface area contributed by atoms with Crippen molar-refractivity contribution in [3.05, 3.63) is 54.2 Å². The molecule has 5 rings (SSSR count). The molecule has 0 spiro atoms. The largest absolute Gasteiger partial charge is 0.485 e. The minimum Gasteiger partial charge on any atom is -0.485 e. The van der Waals surface area contributed by atoms with Crippen LogP contribution in [-0.2, 0) is 4.74 Å². The second kappa shape index (κ2) is 9.37. The highest BCUT2D eigenvalue weighted by Gasteiger charge is 2.32. The lowest BCUT2D eigenvalue weighted by Gasteiger charge is -2.26. The Balaban J connectivity index is 1.41. The number of rotatable bonds is 3. The molecule has 36 heavy (non-hydrogen) atoms. The number of likely N-dealkylation sites (tertiary alicyclic amines) is 1. The number of benzene rings is 1. The topological polar surface area (TPSA) is 81.9 Å². The van der Waals surface area contributed by atoms with Gasteiger partial charge in [0, 0.05) is 31.1 Å². The average molecular weight is 492 g/mol. The van der Waals surface area contributed by atoms with Crippen LogP contribution in [0.5, 0.6) is 5.75 Å². The number of aromatic nitrogens is 4. The van der Waals surface area contributed by atoms with Crippen molar-refractivity contribution in [2.75, 3.05) is 13.1 Å². The first-order valence-corrected chi connectivity index (χ1v) is 12.2. The monoisotopic (exact) mass is 491 g/mol. The molecular weight excluding hydrogens is 461 g/mol.